The number of carbonyl (C=O) groups is 1. The second-order valence-electron chi connectivity index (χ2n) is 4.73. The maximum atomic E-state index is 10.0. The summed E-state index contributed by atoms with van der Waals surface area (Å²) in [6.07, 6.45) is 12.5. The van der Waals surface area contributed by atoms with Crippen molar-refractivity contribution in [2.75, 3.05) is 6.61 Å². The van der Waals surface area contributed by atoms with Crippen molar-refractivity contribution >= 4 is 17.0 Å². The molecule has 7 heteroatoms. The molecule has 0 saturated heterocycles. The van der Waals surface area contributed by atoms with Crippen LogP contribution in [0.5, 0.6) is 0 Å². The van der Waals surface area contributed by atoms with Crippen LogP contribution < -0.4 is 29.6 Å². The molecule has 0 unspecified atom stereocenters. The van der Waals surface area contributed by atoms with E-state index in [1.165, 1.54) is 51.4 Å². The summed E-state index contributed by atoms with van der Waals surface area (Å²) in [6.45, 7) is 3.66. The van der Waals surface area contributed by atoms with E-state index in [9.17, 15) is 8.42 Å². The van der Waals surface area contributed by atoms with Crippen LogP contribution in [0.3, 0.4) is 0 Å². The number of aliphatic carboxylic acids is 1. The SMILES string of the molecule is CC(=O)O.CCCCCCCCCCCCO[S-](=O)=O.[Na+]. The molecule has 0 saturated carbocycles. The van der Waals surface area contributed by atoms with Crippen molar-refractivity contribution in [3.8, 4) is 0 Å². The van der Waals surface area contributed by atoms with Crippen LogP contribution in [0.2, 0.25) is 0 Å². The standard InChI is InChI=1S/C12H25O3S.C2H4O2.Na/c1-2-3-4-5-6-7-8-9-10-11-12-15-16(13)14;1-2(3)4;/h2-12H2,1H3;1H3,(H,3,4);/q-1;;+1. The summed E-state index contributed by atoms with van der Waals surface area (Å²) in [5.74, 6) is -0.833. The van der Waals surface area contributed by atoms with Gasteiger partial charge in [-0.15, -0.1) is 0 Å². The van der Waals surface area contributed by atoms with E-state index in [2.05, 4.69) is 11.1 Å². The first-order valence-corrected chi connectivity index (χ1v) is 8.42. The van der Waals surface area contributed by atoms with Crippen LogP contribution >= 0.6 is 0 Å². The van der Waals surface area contributed by atoms with Crippen LogP contribution in [0.25, 0.3) is 0 Å². The number of rotatable bonds is 12. The maximum Gasteiger partial charge on any atom is 1.00 e. The predicted octanol–water partition coefficient (Wildman–Crippen LogP) is 1.24. The van der Waals surface area contributed by atoms with E-state index in [0.717, 1.165) is 19.8 Å². The zero-order valence-corrected chi connectivity index (χ0v) is 16.6. The molecule has 0 heterocycles. The first-order chi connectivity index (χ1) is 9.50. The monoisotopic (exact) mass is 332 g/mol. The van der Waals surface area contributed by atoms with Crippen molar-refractivity contribution in [1.29, 1.82) is 0 Å². The molecule has 0 aliphatic carbocycles. The predicted molar refractivity (Wildman–Crippen MR) is 79.8 cm³/mol. The third-order valence-corrected chi connectivity index (χ3v) is 3.04. The summed E-state index contributed by atoms with van der Waals surface area (Å²) in [6, 6.07) is 0. The summed E-state index contributed by atoms with van der Waals surface area (Å²) in [7, 11) is -2.33. The Labute approximate surface area is 153 Å². The minimum atomic E-state index is -2.33. The summed E-state index contributed by atoms with van der Waals surface area (Å²) in [5, 5.41) is 7.42. The Balaban J connectivity index is -0.000000572. The van der Waals surface area contributed by atoms with Gasteiger partial charge in [0.2, 0.25) is 0 Å². The van der Waals surface area contributed by atoms with E-state index in [1.54, 1.807) is 0 Å². The number of unbranched alkanes of at least 4 members (excludes halogenated alkanes) is 9. The molecule has 0 atom stereocenters. The molecular weight excluding hydrogens is 303 g/mol. The van der Waals surface area contributed by atoms with Gasteiger partial charge in [-0.25, -0.2) is 0 Å². The molecule has 0 aromatic rings. The molecular formula is C14H29NaO5S. The van der Waals surface area contributed by atoms with Gasteiger partial charge in [-0.2, -0.15) is 0 Å². The fourth-order valence-electron chi connectivity index (χ4n) is 1.72. The molecule has 0 aliphatic heterocycles. The first kappa shape index (κ1) is 26.3. The average molecular weight is 332 g/mol. The van der Waals surface area contributed by atoms with Gasteiger partial charge in [-0.3, -0.25) is 4.79 Å². The molecule has 0 aromatic carbocycles. The van der Waals surface area contributed by atoms with Gasteiger partial charge in [0.15, 0.2) is 0 Å². The van der Waals surface area contributed by atoms with Gasteiger partial charge < -0.3 is 17.7 Å². The second-order valence-corrected chi connectivity index (χ2v) is 5.37. The largest absolute Gasteiger partial charge is 1.00 e. The van der Waals surface area contributed by atoms with Crippen molar-refractivity contribution in [1.82, 2.24) is 0 Å². The van der Waals surface area contributed by atoms with E-state index in [1.807, 2.05) is 0 Å². The Morgan fingerprint density at radius 2 is 1.24 bits per heavy atom. The van der Waals surface area contributed by atoms with Gasteiger partial charge >= 0.3 is 29.6 Å². The van der Waals surface area contributed by atoms with E-state index < -0.39 is 17.0 Å². The minimum absolute atomic E-state index is 0. The molecule has 122 valence electrons. The Bertz CT molecular complexity index is 271. The van der Waals surface area contributed by atoms with Crippen molar-refractivity contribution in [3.05, 3.63) is 0 Å². The third kappa shape index (κ3) is 38.5. The summed E-state index contributed by atoms with van der Waals surface area (Å²) < 4.78 is 24.5. The zero-order valence-electron chi connectivity index (χ0n) is 13.8. The Morgan fingerprint density at radius 1 is 0.905 bits per heavy atom. The van der Waals surface area contributed by atoms with Gasteiger partial charge in [0.1, 0.15) is 0 Å². The molecule has 0 aromatic heterocycles. The Kier molecular flexibility index (Phi) is 28.4. The van der Waals surface area contributed by atoms with Crippen LogP contribution in [0, 0.1) is 0 Å². The average Bonchev–Trinajstić information content (AvgIpc) is 2.35. The molecule has 0 bridgehead atoms. The van der Waals surface area contributed by atoms with Crippen LogP contribution in [-0.2, 0) is 28.4 Å². The molecule has 0 fully saturated rings. The second kappa shape index (κ2) is 22.7. The molecule has 0 spiro atoms. The normalized spacial score (nSPS) is 9.67. The van der Waals surface area contributed by atoms with Gasteiger partial charge in [-0.05, 0) is 6.42 Å². The molecule has 0 amide bonds. The molecule has 0 radical (unpaired) electrons. The minimum Gasteiger partial charge on any atom is -0.481 e. The summed E-state index contributed by atoms with van der Waals surface area (Å²) in [5.41, 5.74) is 0. The van der Waals surface area contributed by atoms with Crippen molar-refractivity contribution in [2.45, 2.75) is 78.1 Å². The quantitative estimate of drug-likeness (QED) is 0.330. The fraction of sp³-hybridized carbons (Fsp3) is 0.929. The smallest absolute Gasteiger partial charge is 0.481 e. The molecule has 21 heavy (non-hydrogen) atoms. The molecule has 0 rings (SSSR count). The van der Waals surface area contributed by atoms with Gasteiger partial charge in [0, 0.05) is 13.5 Å². The molecule has 0 aliphatic rings. The number of carboxylic acid groups (broad SMARTS) is 1. The van der Waals surface area contributed by atoms with Crippen LogP contribution in [0.4, 0.5) is 0 Å². The maximum absolute atomic E-state index is 10.0. The molecule has 1 N–H and O–H groups in total. The Morgan fingerprint density at radius 3 is 1.57 bits per heavy atom. The number of carboxylic acids is 1. The van der Waals surface area contributed by atoms with E-state index in [0.29, 0.717) is 6.61 Å². The number of hydrogen-bond donors (Lipinski definition) is 1. The van der Waals surface area contributed by atoms with Crippen LogP contribution in [0.1, 0.15) is 78.1 Å². The van der Waals surface area contributed by atoms with Gasteiger partial charge in [0.05, 0.1) is 11.0 Å². The van der Waals surface area contributed by atoms with Crippen molar-refractivity contribution in [2.24, 2.45) is 0 Å². The van der Waals surface area contributed by atoms with Crippen molar-refractivity contribution in [3.63, 3.8) is 0 Å². The van der Waals surface area contributed by atoms with E-state index in [4.69, 9.17) is 9.90 Å². The number of hydrogen-bond acceptors (Lipinski definition) is 5. The van der Waals surface area contributed by atoms with Crippen LogP contribution in [-0.4, -0.2) is 17.7 Å². The van der Waals surface area contributed by atoms with Crippen LogP contribution in [0.15, 0.2) is 0 Å². The van der Waals surface area contributed by atoms with Gasteiger partial charge in [-0.1, -0.05) is 64.7 Å². The molecule has 5 nitrogen and oxygen atoms in total. The topological polar surface area (TPSA) is 80.7 Å². The fourth-order valence-corrected chi connectivity index (χ4v) is 1.97. The van der Waals surface area contributed by atoms with E-state index >= 15 is 0 Å². The van der Waals surface area contributed by atoms with Crippen molar-refractivity contribution < 1.29 is 52.1 Å². The first-order valence-electron chi connectivity index (χ1n) is 7.42. The van der Waals surface area contributed by atoms with E-state index in [-0.39, 0.29) is 29.6 Å². The van der Waals surface area contributed by atoms with Gasteiger partial charge in [0.25, 0.3) is 5.97 Å². The third-order valence-electron chi connectivity index (χ3n) is 2.68. The summed E-state index contributed by atoms with van der Waals surface area (Å²) in [4.78, 5) is 9.00. The Hall–Kier alpha value is 0.380. The summed E-state index contributed by atoms with van der Waals surface area (Å²) >= 11 is 0. The zero-order chi connectivity index (χ0) is 15.6.